The van der Waals surface area contributed by atoms with Crippen LogP contribution in [0.1, 0.15) is 17.9 Å². The maximum atomic E-state index is 11.8. The standard InChI is InChI=1S/C14H15NO4/c1-18-13(16)12(14(17)19-2)11(8-9-15)10-6-4-3-5-7-10/h3-7,11-12H,8H2,1-2H3/t11-/m1/s1. The molecule has 1 rings (SSSR count). The van der Waals surface area contributed by atoms with Crippen LogP contribution >= 0.6 is 0 Å². The van der Waals surface area contributed by atoms with Crippen molar-refractivity contribution in [3.05, 3.63) is 35.9 Å². The normalized spacial score (nSPS) is 11.5. The lowest BCUT2D eigenvalue weighted by molar-refractivity contribution is -0.159. The van der Waals surface area contributed by atoms with E-state index in [1.807, 2.05) is 12.1 Å². The minimum atomic E-state index is -1.13. The first-order chi connectivity index (χ1) is 9.15. The Morgan fingerprint density at radius 2 is 1.68 bits per heavy atom. The zero-order valence-electron chi connectivity index (χ0n) is 10.8. The van der Waals surface area contributed by atoms with Crippen molar-refractivity contribution in [1.29, 1.82) is 5.26 Å². The quantitative estimate of drug-likeness (QED) is 0.595. The molecule has 1 atom stereocenters. The van der Waals surface area contributed by atoms with Gasteiger partial charge in [-0.3, -0.25) is 9.59 Å². The topological polar surface area (TPSA) is 76.4 Å². The first-order valence-electron chi connectivity index (χ1n) is 5.73. The Morgan fingerprint density at radius 3 is 2.11 bits per heavy atom. The average molecular weight is 261 g/mol. The molecule has 0 spiro atoms. The third kappa shape index (κ3) is 3.55. The number of hydrogen-bond acceptors (Lipinski definition) is 5. The maximum Gasteiger partial charge on any atom is 0.320 e. The van der Waals surface area contributed by atoms with E-state index in [9.17, 15) is 9.59 Å². The van der Waals surface area contributed by atoms with E-state index >= 15 is 0 Å². The van der Waals surface area contributed by atoms with Gasteiger partial charge >= 0.3 is 11.9 Å². The minimum Gasteiger partial charge on any atom is -0.468 e. The molecule has 0 heterocycles. The molecular formula is C14H15NO4. The number of methoxy groups -OCH3 is 2. The van der Waals surface area contributed by atoms with Gasteiger partial charge in [-0.25, -0.2) is 0 Å². The van der Waals surface area contributed by atoms with Crippen molar-refractivity contribution >= 4 is 11.9 Å². The maximum absolute atomic E-state index is 11.8. The predicted molar refractivity (Wildman–Crippen MR) is 66.9 cm³/mol. The van der Waals surface area contributed by atoms with E-state index < -0.39 is 23.8 Å². The van der Waals surface area contributed by atoms with Crippen molar-refractivity contribution in [1.82, 2.24) is 0 Å². The van der Waals surface area contributed by atoms with Gasteiger partial charge in [0.15, 0.2) is 5.92 Å². The number of carbonyl (C=O) groups excluding carboxylic acids is 2. The second-order valence-electron chi connectivity index (χ2n) is 3.90. The van der Waals surface area contributed by atoms with Crippen LogP contribution in [0.2, 0.25) is 0 Å². The van der Waals surface area contributed by atoms with Crippen LogP contribution in [-0.4, -0.2) is 26.2 Å². The van der Waals surface area contributed by atoms with E-state index in [-0.39, 0.29) is 6.42 Å². The van der Waals surface area contributed by atoms with Crippen molar-refractivity contribution < 1.29 is 19.1 Å². The molecule has 0 aromatic heterocycles. The molecule has 0 radical (unpaired) electrons. The van der Waals surface area contributed by atoms with Gasteiger partial charge in [-0.2, -0.15) is 5.26 Å². The molecule has 1 aromatic rings. The summed E-state index contributed by atoms with van der Waals surface area (Å²) in [4.78, 5) is 23.5. The summed E-state index contributed by atoms with van der Waals surface area (Å²) in [5, 5.41) is 8.90. The number of benzene rings is 1. The van der Waals surface area contributed by atoms with Gasteiger partial charge < -0.3 is 9.47 Å². The highest BCUT2D eigenvalue weighted by molar-refractivity contribution is 5.96. The number of hydrogen-bond donors (Lipinski definition) is 0. The molecule has 19 heavy (non-hydrogen) atoms. The lowest BCUT2D eigenvalue weighted by Gasteiger charge is -2.21. The van der Waals surface area contributed by atoms with E-state index in [4.69, 9.17) is 5.26 Å². The highest BCUT2D eigenvalue weighted by Gasteiger charge is 2.37. The third-order valence-electron chi connectivity index (χ3n) is 2.85. The Balaban J connectivity index is 3.17. The molecule has 0 fully saturated rings. The summed E-state index contributed by atoms with van der Waals surface area (Å²) in [5.41, 5.74) is 0.727. The third-order valence-corrected chi connectivity index (χ3v) is 2.85. The van der Waals surface area contributed by atoms with Crippen LogP contribution < -0.4 is 0 Å². The van der Waals surface area contributed by atoms with Crippen LogP contribution in [0.5, 0.6) is 0 Å². The van der Waals surface area contributed by atoms with Crippen LogP contribution in [0.4, 0.5) is 0 Å². The predicted octanol–water partition coefficient (Wildman–Crippen LogP) is 1.65. The van der Waals surface area contributed by atoms with Crippen LogP contribution in [0.3, 0.4) is 0 Å². The summed E-state index contributed by atoms with van der Waals surface area (Å²) >= 11 is 0. The van der Waals surface area contributed by atoms with Crippen LogP contribution in [-0.2, 0) is 19.1 Å². The van der Waals surface area contributed by atoms with Gasteiger partial charge in [-0.15, -0.1) is 0 Å². The Morgan fingerprint density at radius 1 is 1.16 bits per heavy atom. The molecule has 0 amide bonds. The largest absolute Gasteiger partial charge is 0.468 e. The summed E-state index contributed by atoms with van der Waals surface area (Å²) in [7, 11) is 2.40. The molecule has 100 valence electrons. The number of esters is 2. The number of carbonyl (C=O) groups is 2. The van der Waals surface area contributed by atoms with Crippen molar-refractivity contribution in [2.45, 2.75) is 12.3 Å². The van der Waals surface area contributed by atoms with Crippen LogP contribution in [0, 0.1) is 17.2 Å². The van der Waals surface area contributed by atoms with Crippen molar-refractivity contribution in [2.24, 2.45) is 5.92 Å². The van der Waals surface area contributed by atoms with Gasteiger partial charge in [-0.05, 0) is 5.56 Å². The van der Waals surface area contributed by atoms with Gasteiger partial charge in [0, 0.05) is 12.3 Å². The second kappa shape index (κ2) is 7.17. The first kappa shape index (κ1) is 14.7. The van der Waals surface area contributed by atoms with E-state index in [2.05, 4.69) is 9.47 Å². The smallest absolute Gasteiger partial charge is 0.320 e. The van der Waals surface area contributed by atoms with Crippen molar-refractivity contribution in [2.75, 3.05) is 14.2 Å². The molecule has 5 heteroatoms. The lowest BCUT2D eigenvalue weighted by Crippen LogP contribution is -2.32. The molecule has 5 nitrogen and oxygen atoms in total. The molecular weight excluding hydrogens is 246 g/mol. The highest BCUT2D eigenvalue weighted by Crippen LogP contribution is 2.29. The molecule has 0 aliphatic heterocycles. The fraction of sp³-hybridized carbons (Fsp3) is 0.357. The lowest BCUT2D eigenvalue weighted by atomic mass is 9.84. The van der Waals surface area contributed by atoms with E-state index in [1.165, 1.54) is 14.2 Å². The minimum absolute atomic E-state index is 0.0267. The Kier molecular flexibility index (Phi) is 5.55. The van der Waals surface area contributed by atoms with Gasteiger partial charge in [0.25, 0.3) is 0 Å². The number of rotatable bonds is 5. The summed E-state index contributed by atoms with van der Waals surface area (Å²) in [6.45, 7) is 0. The highest BCUT2D eigenvalue weighted by atomic mass is 16.5. The SMILES string of the molecule is COC(=O)C(C(=O)OC)[C@H](CC#N)c1ccccc1. The van der Waals surface area contributed by atoms with E-state index in [1.54, 1.807) is 24.3 Å². The molecule has 0 saturated heterocycles. The van der Waals surface area contributed by atoms with Crippen LogP contribution in [0.15, 0.2) is 30.3 Å². The number of ether oxygens (including phenoxy) is 2. The molecule has 0 aliphatic carbocycles. The molecule has 0 unspecified atom stereocenters. The number of nitriles is 1. The Labute approximate surface area is 111 Å². The summed E-state index contributed by atoms with van der Waals surface area (Å²) in [6, 6.07) is 10.9. The molecule has 1 aromatic carbocycles. The molecule has 0 saturated carbocycles. The van der Waals surface area contributed by atoms with Gasteiger partial charge in [0.05, 0.1) is 20.3 Å². The summed E-state index contributed by atoms with van der Waals surface area (Å²) < 4.78 is 9.27. The van der Waals surface area contributed by atoms with Gasteiger partial charge in [0.1, 0.15) is 0 Å². The Hall–Kier alpha value is -2.35. The second-order valence-corrected chi connectivity index (χ2v) is 3.90. The average Bonchev–Trinajstić information content (AvgIpc) is 2.46. The fourth-order valence-electron chi connectivity index (χ4n) is 1.91. The summed E-state index contributed by atoms with van der Waals surface area (Å²) in [6.07, 6.45) is 0.0267. The number of nitrogens with zero attached hydrogens (tertiary/aromatic N) is 1. The first-order valence-corrected chi connectivity index (χ1v) is 5.73. The van der Waals surface area contributed by atoms with E-state index in [0.717, 1.165) is 5.56 Å². The van der Waals surface area contributed by atoms with Crippen LogP contribution in [0.25, 0.3) is 0 Å². The monoisotopic (exact) mass is 261 g/mol. The summed E-state index contributed by atoms with van der Waals surface area (Å²) in [5.74, 6) is -3.10. The van der Waals surface area contributed by atoms with Crippen molar-refractivity contribution in [3.8, 4) is 6.07 Å². The fourth-order valence-corrected chi connectivity index (χ4v) is 1.91. The van der Waals surface area contributed by atoms with Gasteiger partial charge in [0.2, 0.25) is 0 Å². The van der Waals surface area contributed by atoms with E-state index in [0.29, 0.717) is 0 Å². The van der Waals surface area contributed by atoms with Crippen molar-refractivity contribution in [3.63, 3.8) is 0 Å². The zero-order chi connectivity index (χ0) is 14.3. The molecule has 0 aliphatic rings. The zero-order valence-corrected chi connectivity index (χ0v) is 10.8. The van der Waals surface area contributed by atoms with Gasteiger partial charge in [-0.1, -0.05) is 30.3 Å². The Bertz CT molecular complexity index is 462. The molecule has 0 bridgehead atoms. The molecule has 0 N–H and O–H groups in total.